The summed E-state index contributed by atoms with van der Waals surface area (Å²) in [6.07, 6.45) is 5.72. The number of aliphatic imine (C=N–C) groups is 1. The second-order valence-corrected chi connectivity index (χ2v) is 8.76. The summed E-state index contributed by atoms with van der Waals surface area (Å²) >= 11 is 0. The summed E-state index contributed by atoms with van der Waals surface area (Å²) in [4.78, 5) is 35.9. The van der Waals surface area contributed by atoms with E-state index in [9.17, 15) is 4.79 Å². The van der Waals surface area contributed by atoms with Gasteiger partial charge in [0.15, 0.2) is 5.75 Å². The van der Waals surface area contributed by atoms with Gasteiger partial charge in [-0.25, -0.2) is 20.4 Å². The van der Waals surface area contributed by atoms with Gasteiger partial charge in [0.25, 0.3) is 5.91 Å². The summed E-state index contributed by atoms with van der Waals surface area (Å²) in [5.41, 5.74) is 7.21. The number of carbonyl (C=O) groups is 1. The van der Waals surface area contributed by atoms with Crippen LogP contribution in [0.25, 0.3) is 0 Å². The summed E-state index contributed by atoms with van der Waals surface area (Å²) in [6, 6.07) is 9.22. The highest BCUT2D eigenvalue weighted by molar-refractivity contribution is 6.04. The van der Waals surface area contributed by atoms with Gasteiger partial charge in [0.2, 0.25) is 0 Å². The fourth-order valence-corrected chi connectivity index (χ4v) is 3.60. The zero-order chi connectivity index (χ0) is 28.4. The van der Waals surface area contributed by atoms with E-state index >= 15 is 0 Å². The van der Waals surface area contributed by atoms with E-state index in [2.05, 4.69) is 42.6 Å². The van der Waals surface area contributed by atoms with Crippen LogP contribution in [0.4, 0.5) is 23.0 Å². The molecule has 0 aliphatic carbocycles. The molecular weight excluding hydrogens is 494 g/mol. The van der Waals surface area contributed by atoms with E-state index in [-0.39, 0.29) is 5.56 Å². The molecule has 10 nitrogen and oxygen atoms in total. The number of carbonyl (C=O) groups excluding carboxylic acids is 1. The maximum absolute atomic E-state index is 13.0. The molecule has 0 aliphatic rings. The maximum Gasteiger partial charge on any atom is 0.278 e. The molecule has 2 heterocycles. The van der Waals surface area contributed by atoms with Gasteiger partial charge >= 0.3 is 0 Å². The Kier molecular flexibility index (Phi) is 10.3. The summed E-state index contributed by atoms with van der Waals surface area (Å²) in [7, 11) is 1.59. The predicted octanol–water partition coefficient (Wildman–Crippen LogP) is 5.95. The third-order valence-corrected chi connectivity index (χ3v) is 5.50. The molecule has 1 aromatic carbocycles. The molecule has 0 saturated heterocycles. The molecule has 0 fully saturated rings. The molecular formula is C29H35N7O3. The molecule has 0 saturated carbocycles. The molecule has 0 unspecified atom stereocenters. The van der Waals surface area contributed by atoms with E-state index in [1.807, 2.05) is 58.9 Å². The first-order valence-electron chi connectivity index (χ1n) is 12.5. The minimum Gasteiger partial charge on any atom is -0.494 e. The van der Waals surface area contributed by atoms with Crippen LogP contribution in [-0.2, 0) is 4.84 Å². The van der Waals surface area contributed by atoms with Crippen molar-refractivity contribution in [2.24, 2.45) is 4.99 Å². The predicted molar refractivity (Wildman–Crippen MR) is 155 cm³/mol. The molecule has 3 aromatic rings. The molecule has 0 spiro atoms. The van der Waals surface area contributed by atoms with Gasteiger partial charge < -0.3 is 15.4 Å². The number of nitrogens with one attached hydrogen (secondary N) is 3. The lowest BCUT2D eigenvalue weighted by Gasteiger charge is -2.18. The summed E-state index contributed by atoms with van der Waals surface area (Å²) in [5, 5.41) is 6.53. The van der Waals surface area contributed by atoms with Crippen LogP contribution < -0.4 is 20.9 Å². The average molecular weight is 530 g/mol. The van der Waals surface area contributed by atoms with Crippen LogP contribution in [0, 0.1) is 13.8 Å². The number of pyridine rings is 1. The lowest BCUT2D eigenvalue weighted by molar-refractivity contribution is 0.0315. The van der Waals surface area contributed by atoms with Crippen molar-refractivity contribution in [3.8, 4) is 5.75 Å². The van der Waals surface area contributed by atoms with Crippen LogP contribution in [0.2, 0.25) is 0 Å². The Hall–Kier alpha value is -4.57. The highest BCUT2D eigenvalue weighted by atomic mass is 16.6. The molecule has 0 bridgehead atoms. The summed E-state index contributed by atoms with van der Waals surface area (Å²) in [5.74, 6) is 1.86. The van der Waals surface area contributed by atoms with Gasteiger partial charge in [-0.1, -0.05) is 25.6 Å². The van der Waals surface area contributed by atoms with Gasteiger partial charge in [0.05, 0.1) is 30.7 Å². The molecule has 204 valence electrons. The van der Waals surface area contributed by atoms with Crippen LogP contribution in [0.5, 0.6) is 5.75 Å². The van der Waals surface area contributed by atoms with Crippen molar-refractivity contribution in [1.82, 2.24) is 20.4 Å². The lowest BCUT2D eigenvalue weighted by Crippen LogP contribution is -2.25. The fraction of sp³-hybridized carbons (Fsp3) is 0.276. The Balaban J connectivity index is 2.03. The Morgan fingerprint density at radius 2 is 1.87 bits per heavy atom. The number of nitrogens with zero attached hydrogens (tertiary/aromatic N) is 4. The number of hydroxylamine groups is 1. The number of ether oxygens (including phenoxy) is 1. The fourth-order valence-electron chi connectivity index (χ4n) is 3.60. The molecule has 0 aliphatic heterocycles. The van der Waals surface area contributed by atoms with Crippen LogP contribution in [0.3, 0.4) is 0 Å². The number of anilines is 4. The number of aromatic nitrogens is 3. The standard InChI is InChI=1S/C29H35N7O3/c1-8-13-39-36-29(37)23-17-31-26(35-27-14-19(4)32-21(6)33-27)15-25(23)34-24-12-10-11-22(28(24)38-7)20(5)30-16-18(3)9-2/h9-12,14-17H,2,8,13H2,1,3-7H3,(H,36,37)(H2,31,32,33,34,35)/b18-16-,30-20+. The van der Waals surface area contributed by atoms with Crippen molar-refractivity contribution in [3.05, 3.63) is 83.6 Å². The number of methoxy groups -OCH3 is 1. The number of aryl methyl sites for hydroxylation is 2. The monoisotopic (exact) mass is 529 g/mol. The Morgan fingerprint density at radius 3 is 2.56 bits per heavy atom. The van der Waals surface area contributed by atoms with Crippen molar-refractivity contribution >= 4 is 34.6 Å². The number of amides is 1. The highest BCUT2D eigenvalue weighted by Gasteiger charge is 2.18. The first-order valence-corrected chi connectivity index (χ1v) is 12.5. The van der Waals surface area contributed by atoms with Gasteiger partial charge in [-0.05, 0) is 51.8 Å². The van der Waals surface area contributed by atoms with Crippen LogP contribution >= 0.6 is 0 Å². The van der Waals surface area contributed by atoms with Gasteiger partial charge in [0.1, 0.15) is 17.5 Å². The minimum atomic E-state index is -0.434. The third-order valence-electron chi connectivity index (χ3n) is 5.50. The first-order chi connectivity index (χ1) is 18.7. The van der Waals surface area contributed by atoms with Crippen LogP contribution in [0.15, 0.2) is 65.9 Å². The van der Waals surface area contributed by atoms with Crippen molar-refractivity contribution in [3.63, 3.8) is 0 Å². The summed E-state index contributed by atoms with van der Waals surface area (Å²) in [6.45, 7) is 13.6. The molecule has 39 heavy (non-hydrogen) atoms. The lowest BCUT2D eigenvalue weighted by atomic mass is 10.1. The molecule has 2 aromatic heterocycles. The van der Waals surface area contributed by atoms with Crippen LogP contribution in [0.1, 0.15) is 54.6 Å². The Morgan fingerprint density at radius 1 is 1.08 bits per heavy atom. The van der Waals surface area contributed by atoms with Crippen LogP contribution in [-0.4, -0.2) is 40.3 Å². The van der Waals surface area contributed by atoms with Crippen molar-refractivity contribution in [1.29, 1.82) is 0 Å². The molecule has 3 rings (SSSR count). The molecule has 1 amide bonds. The van der Waals surface area contributed by atoms with Gasteiger partial charge in [-0.3, -0.25) is 14.6 Å². The number of hydrogen-bond acceptors (Lipinski definition) is 9. The largest absolute Gasteiger partial charge is 0.494 e. The summed E-state index contributed by atoms with van der Waals surface area (Å²) < 4.78 is 5.78. The minimum absolute atomic E-state index is 0.286. The number of benzene rings is 1. The van der Waals surface area contributed by atoms with Crippen molar-refractivity contribution < 1.29 is 14.4 Å². The number of rotatable bonds is 12. The van der Waals surface area contributed by atoms with E-state index in [4.69, 9.17) is 9.57 Å². The first kappa shape index (κ1) is 29.0. The van der Waals surface area contributed by atoms with E-state index < -0.39 is 5.91 Å². The number of hydrogen-bond donors (Lipinski definition) is 3. The second kappa shape index (κ2) is 13.8. The van der Waals surface area contributed by atoms with E-state index in [1.54, 1.807) is 25.5 Å². The number of allylic oxidation sites excluding steroid dienone is 2. The molecule has 10 heteroatoms. The smallest absolute Gasteiger partial charge is 0.278 e. The van der Waals surface area contributed by atoms with E-state index in [0.717, 1.165) is 29.0 Å². The highest BCUT2D eigenvalue weighted by Crippen LogP contribution is 2.34. The topological polar surface area (TPSA) is 123 Å². The number of para-hydroxylation sites is 1. The quantitative estimate of drug-likeness (QED) is 0.114. The normalized spacial score (nSPS) is 11.6. The molecule has 0 radical (unpaired) electrons. The van der Waals surface area contributed by atoms with E-state index in [0.29, 0.717) is 41.2 Å². The molecule has 0 atom stereocenters. The zero-order valence-electron chi connectivity index (χ0n) is 23.3. The SMILES string of the molecule is C=C/C(C)=C\N=C(/C)c1cccc(Nc2cc(Nc3cc(C)nc(C)n3)ncc2C(=O)NOCCC)c1OC. The second-order valence-electron chi connectivity index (χ2n) is 8.76. The van der Waals surface area contributed by atoms with Gasteiger partial charge in [-0.2, -0.15) is 0 Å². The average Bonchev–Trinajstić information content (AvgIpc) is 2.91. The maximum atomic E-state index is 13.0. The third kappa shape index (κ3) is 7.96. The zero-order valence-corrected chi connectivity index (χ0v) is 23.3. The van der Waals surface area contributed by atoms with Crippen molar-refractivity contribution in [2.75, 3.05) is 24.4 Å². The van der Waals surface area contributed by atoms with Gasteiger partial charge in [0, 0.05) is 41.5 Å². The molecule has 3 N–H and O–H groups in total. The Labute approximate surface area is 229 Å². The van der Waals surface area contributed by atoms with Crippen molar-refractivity contribution in [2.45, 2.75) is 41.0 Å². The Bertz CT molecular complexity index is 1380. The van der Waals surface area contributed by atoms with Gasteiger partial charge in [-0.15, -0.1) is 0 Å². The van der Waals surface area contributed by atoms with E-state index in [1.165, 1.54) is 6.20 Å².